The minimum absolute atomic E-state index is 0.0627. The van der Waals surface area contributed by atoms with Crippen LogP contribution >= 0.6 is 11.8 Å². The van der Waals surface area contributed by atoms with E-state index in [2.05, 4.69) is 27.4 Å². The summed E-state index contributed by atoms with van der Waals surface area (Å²) in [5.41, 5.74) is 1.56. The molecule has 8 heteroatoms. The third-order valence-corrected chi connectivity index (χ3v) is 5.85. The van der Waals surface area contributed by atoms with Crippen LogP contribution in [0, 0.1) is 0 Å². The number of thioether (sulfide) groups is 1. The Balaban J connectivity index is 1.35. The van der Waals surface area contributed by atoms with Gasteiger partial charge in [0.2, 0.25) is 11.7 Å². The predicted molar refractivity (Wildman–Crippen MR) is 113 cm³/mol. The van der Waals surface area contributed by atoms with Crippen molar-refractivity contribution in [3.8, 4) is 11.5 Å². The second-order valence-corrected chi connectivity index (χ2v) is 8.10. The number of amides is 2. The van der Waals surface area contributed by atoms with Gasteiger partial charge in [-0.25, -0.2) is 4.79 Å². The van der Waals surface area contributed by atoms with Crippen molar-refractivity contribution in [1.82, 2.24) is 20.0 Å². The number of piperidine rings is 1. The van der Waals surface area contributed by atoms with E-state index in [1.165, 1.54) is 0 Å². The van der Waals surface area contributed by atoms with E-state index in [1.807, 2.05) is 47.4 Å². The number of pyridine rings is 1. The van der Waals surface area contributed by atoms with Crippen molar-refractivity contribution in [2.75, 3.05) is 24.2 Å². The number of carbonyl (C=O) groups excluding carboxylic acids is 1. The van der Waals surface area contributed by atoms with Crippen molar-refractivity contribution >= 4 is 23.5 Å². The van der Waals surface area contributed by atoms with Gasteiger partial charge >= 0.3 is 6.03 Å². The zero-order valence-electron chi connectivity index (χ0n) is 16.2. The summed E-state index contributed by atoms with van der Waals surface area (Å²) in [4.78, 5) is 24.4. The van der Waals surface area contributed by atoms with Gasteiger partial charge in [-0.05, 0) is 42.9 Å². The summed E-state index contributed by atoms with van der Waals surface area (Å²) in [6.07, 6.45) is 3.30. The Morgan fingerprint density at radius 3 is 2.76 bits per heavy atom. The van der Waals surface area contributed by atoms with Gasteiger partial charge in [-0.15, -0.1) is 11.8 Å². The van der Waals surface area contributed by atoms with Crippen LogP contribution in [0.5, 0.6) is 0 Å². The van der Waals surface area contributed by atoms with Crippen molar-refractivity contribution in [2.24, 2.45) is 0 Å². The van der Waals surface area contributed by atoms with Crippen molar-refractivity contribution in [3.63, 3.8) is 0 Å². The summed E-state index contributed by atoms with van der Waals surface area (Å²) in [6.45, 7) is 3.41. The lowest BCUT2D eigenvalue weighted by Gasteiger charge is -2.30. The molecule has 1 aliphatic heterocycles. The zero-order valence-corrected chi connectivity index (χ0v) is 17.1. The van der Waals surface area contributed by atoms with Crippen LogP contribution in [0.2, 0.25) is 0 Å². The number of rotatable bonds is 5. The molecule has 4 rings (SSSR count). The van der Waals surface area contributed by atoms with Gasteiger partial charge in [0.15, 0.2) is 0 Å². The van der Waals surface area contributed by atoms with Crippen LogP contribution < -0.4 is 5.32 Å². The molecule has 3 aromatic rings. The second-order valence-electron chi connectivity index (χ2n) is 6.79. The summed E-state index contributed by atoms with van der Waals surface area (Å²) in [5, 5.41) is 7.11. The van der Waals surface area contributed by atoms with Gasteiger partial charge in [-0.3, -0.25) is 4.98 Å². The molecule has 1 N–H and O–H groups in total. The molecule has 0 aliphatic carbocycles. The molecular formula is C21H23N5O2S. The number of hydrogen-bond donors (Lipinski definition) is 1. The fourth-order valence-corrected chi connectivity index (χ4v) is 4.14. The Bertz CT molecular complexity index is 954. The van der Waals surface area contributed by atoms with E-state index in [0.717, 1.165) is 29.2 Å². The largest absolute Gasteiger partial charge is 0.339 e. The molecule has 150 valence electrons. The number of nitrogens with one attached hydrogen (secondary N) is 1. The zero-order chi connectivity index (χ0) is 20.1. The van der Waals surface area contributed by atoms with Crippen molar-refractivity contribution in [2.45, 2.75) is 30.6 Å². The van der Waals surface area contributed by atoms with Gasteiger partial charge in [0.05, 0.1) is 5.69 Å². The van der Waals surface area contributed by atoms with E-state index < -0.39 is 0 Å². The lowest BCUT2D eigenvalue weighted by atomic mass is 9.97. The highest BCUT2D eigenvalue weighted by atomic mass is 32.2. The number of likely N-dealkylation sites (tertiary alicyclic amines) is 1. The second kappa shape index (κ2) is 9.09. The highest BCUT2D eigenvalue weighted by Gasteiger charge is 2.28. The smallest absolute Gasteiger partial charge is 0.321 e. The molecule has 0 bridgehead atoms. The molecule has 1 aromatic carbocycles. The molecule has 0 spiro atoms. The van der Waals surface area contributed by atoms with E-state index >= 15 is 0 Å². The summed E-state index contributed by atoms with van der Waals surface area (Å²) in [5.74, 6) is 2.25. The van der Waals surface area contributed by atoms with E-state index in [4.69, 9.17) is 4.52 Å². The number of para-hydroxylation sites is 1. The fraction of sp³-hybridized carbons (Fsp3) is 0.333. The SMILES string of the molecule is CCSc1ccccc1NC(=O)N1CCC(c2nc(-c3ccccn3)no2)CC1. The molecule has 0 unspecified atom stereocenters. The highest BCUT2D eigenvalue weighted by Crippen LogP contribution is 2.30. The molecule has 1 fully saturated rings. The first-order chi connectivity index (χ1) is 14.2. The number of anilines is 1. The Labute approximate surface area is 173 Å². The third kappa shape index (κ3) is 4.59. The van der Waals surface area contributed by atoms with Crippen LogP contribution in [0.25, 0.3) is 11.5 Å². The maximum atomic E-state index is 12.7. The Morgan fingerprint density at radius 2 is 2.00 bits per heavy atom. The van der Waals surface area contributed by atoms with Crippen molar-refractivity contribution < 1.29 is 9.32 Å². The predicted octanol–water partition coefficient (Wildman–Crippen LogP) is 4.66. The summed E-state index contributed by atoms with van der Waals surface area (Å²) in [7, 11) is 0. The summed E-state index contributed by atoms with van der Waals surface area (Å²) < 4.78 is 5.47. The number of carbonyl (C=O) groups is 1. The lowest BCUT2D eigenvalue weighted by Crippen LogP contribution is -2.40. The molecule has 1 aliphatic rings. The number of hydrogen-bond acceptors (Lipinski definition) is 6. The molecule has 3 heterocycles. The fourth-order valence-electron chi connectivity index (χ4n) is 3.38. The molecule has 1 saturated heterocycles. The van der Waals surface area contributed by atoms with E-state index in [9.17, 15) is 4.79 Å². The van der Waals surface area contributed by atoms with Gasteiger partial charge in [-0.2, -0.15) is 4.98 Å². The van der Waals surface area contributed by atoms with E-state index in [-0.39, 0.29) is 11.9 Å². The summed E-state index contributed by atoms with van der Waals surface area (Å²) in [6, 6.07) is 13.4. The molecule has 29 heavy (non-hydrogen) atoms. The highest BCUT2D eigenvalue weighted by molar-refractivity contribution is 7.99. The van der Waals surface area contributed by atoms with Gasteiger partial charge in [0, 0.05) is 30.1 Å². The number of urea groups is 1. The average Bonchev–Trinajstić information content (AvgIpc) is 3.26. The first-order valence-corrected chi connectivity index (χ1v) is 10.8. The molecule has 2 amide bonds. The minimum Gasteiger partial charge on any atom is -0.339 e. The van der Waals surface area contributed by atoms with Gasteiger partial charge in [0.25, 0.3) is 0 Å². The monoisotopic (exact) mass is 409 g/mol. The van der Waals surface area contributed by atoms with Crippen LogP contribution in [-0.4, -0.2) is 44.9 Å². The molecule has 2 aromatic heterocycles. The van der Waals surface area contributed by atoms with E-state index in [0.29, 0.717) is 30.5 Å². The van der Waals surface area contributed by atoms with E-state index in [1.54, 1.807) is 18.0 Å². The number of nitrogens with zero attached hydrogens (tertiary/aromatic N) is 4. The molecule has 0 radical (unpaired) electrons. The van der Waals surface area contributed by atoms with Crippen molar-refractivity contribution in [1.29, 1.82) is 0 Å². The number of benzene rings is 1. The Kier molecular flexibility index (Phi) is 6.09. The Hall–Kier alpha value is -2.87. The summed E-state index contributed by atoms with van der Waals surface area (Å²) >= 11 is 1.72. The normalized spacial score (nSPS) is 14.7. The minimum atomic E-state index is -0.0627. The standard InChI is InChI=1S/C21H23N5O2S/c1-2-29-18-9-4-3-7-16(18)23-21(27)26-13-10-15(11-14-26)20-24-19(25-28-20)17-8-5-6-12-22-17/h3-9,12,15H,2,10-11,13-14H2,1H3,(H,23,27). The van der Waals surface area contributed by atoms with Crippen LogP contribution in [0.1, 0.15) is 31.6 Å². The molecular weight excluding hydrogens is 386 g/mol. The Morgan fingerprint density at radius 1 is 1.21 bits per heavy atom. The van der Waals surface area contributed by atoms with Crippen LogP contribution in [0.3, 0.4) is 0 Å². The van der Waals surface area contributed by atoms with Crippen LogP contribution in [0.15, 0.2) is 58.1 Å². The van der Waals surface area contributed by atoms with Gasteiger partial charge in [-0.1, -0.05) is 30.3 Å². The van der Waals surface area contributed by atoms with Crippen LogP contribution in [0.4, 0.5) is 10.5 Å². The first kappa shape index (κ1) is 19.4. The lowest BCUT2D eigenvalue weighted by molar-refractivity contribution is 0.187. The maximum Gasteiger partial charge on any atom is 0.321 e. The molecule has 0 atom stereocenters. The first-order valence-electron chi connectivity index (χ1n) is 9.77. The number of aromatic nitrogens is 3. The van der Waals surface area contributed by atoms with Crippen molar-refractivity contribution in [3.05, 3.63) is 54.6 Å². The third-order valence-electron chi connectivity index (χ3n) is 4.90. The van der Waals surface area contributed by atoms with Gasteiger partial charge < -0.3 is 14.7 Å². The van der Waals surface area contributed by atoms with Crippen LogP contribution in [-0.2, 0) is 0 Å². The quantitative estimate of drug-likeness (QED) is 0.617. The topological polar surface area (TPSA) is 84.2 Å². The van der Waals surface area contributed by atoms with Gasteiger partial charge in [0.1, 0.15) is 5.69 Å². The molecule has 7 nitrogen and oxygen atoms in total. The maximum absolute atomic E-state index is 12.7. The molecule has 0 saturated carbocycles. The average molecular weight is 410 g/mol.